The zero-order valence-corrected chi connectivity index (χ0v) is 19.2. The van der Waals surface area contributed by atoms with Crippen LogP contribution >= 0.6 is 23.4 Å². The molecule has 2 aliphatic rings. The van der Waals surface area contributed by atoms with Crippen LogP contribution in [-0.4, -0.2) is 89.3 Å². The number of alkyl halides is 1. The Hall–Kier alpha value is 0.0700. The first kappa shape index (κ1) is 28.1. The van der Waals surface area contributed by atoms with Gasteiger partial charge in [-0.25, -0.2) is 0 Å². The minimum absolute atomic E-state index is 0.130. The Morgan fingerprint density at radius 3 is 2.32 bits per heavy atom. The van der Waals surface area contributed by atoms with Gasteiger partial charge in [-0.3, -0.25) is 0 Å². The van der Waals surface area contributed by atoms with E-state index in [1.54, 1.807) is 13.3 Å². The molecule has 0 amide bonds. The third-order valence-corrected chi connectivity index (χ3v) is 5.34. The number of halogens is 1. The lowest BCUT2D eigenvalue weighted by molar-refractivity contribution is -0.195. The molecule has 0 aromatic rings. The van der Waals surface area contributed by atoms with Crippen molar-refractivity contribution in [1.82, 2.24) is 10.6 Å². The molecular weight excluding hydrogens is 404 g/mol. The molecule has 2 saturated heterocycles. The number of nitrogens with one attached hydrogen (secondary N) is 2. The maximum absolute atomic E-state index is 10.4. The highest BCUT2D eigenvalue weighted by Gasteiger charge is 2.42. The van der Waals surface area contributed by atoms with Gasteiger partial charge in [0.2, 0.25) is 0 Å². The van der Waals surface area contributed by atoms with Crippen molar-refractivity contribution in [3.8, 4) is 0 Å². The number of carbonyl (C=O) groups is 1. The van der Waals surface area contributed by atoms with Crippen molar-refractivity contribution >= 4 is 29.6 Å². The Kier molecular flexibility index (Phi) is 15.9. The van der Waals surface area contributed by atoms with E-state index < -0.39 is 29.9 Å². The van der Waals surface area contributed by atoms with Gasteiger partial charge in [0, 0.05) is 11.9 Å². The molecule has 0 spiro atoms. The molecule has 2 heterocycles. The Bertz CT molecular complexity index is 402. The van der Waals surface area contributed by atoms with E-state index in [0.29, 0.717) is 11.9 Å². The summed E-state index contributed by atoms with van der Waals surface area (Å²) in [6.07, 6.45) is 2.54. The van der Waals surface area contributed by atoms with Gasteiger partial charge in [0.25, 0.3) is 0 Å². The number of ether oxygens (including phenoxy) is 1. The molecule has 0 radical (unpaired) electrons. The van der Waals surface area contributed by atoms with Crippen LogP contribution in [0.3, 0.4) is 0 Å². The number of aliphatic hydroxyl groups is 3. The zero-order chi connectivity index (χ0) is 21.7. The summed E-state index contributed by atoms with van der Waals surface area (Å²) >= 11 is 6.59. The fraction of sp³-hybridized carbons (Fsp3) is 0.947. The normalized spacial score (nSPS) is 35.7. The third-order valence-electron chi connectivity index (χ3n) is 4.48. The van der Waals surface area contributed by atoms with Gasteiger partial charge >= 0.3 is 0 Å². The number of carbonyl (C=O) groups excluding carboxylic acids is 1. The van der Waals surface area contributed by atoms with Gasteiger partial charge in [0.1, 0.15) is 36.1 Å². The molecule has 9 heteroatoms. The van der Waals surface area contributed by atoms with Gasteiger partial charge in [0.15, 0.2) is 0 Å². The van der Waals surface area contributed by atoms with Crippen LogP contribution in [0.4, 0.5) is 0 Å². The van der Waals surface area contributed by atoms with E-state index in [-0.39, 0.29) is 6.04 Å². The minimum atomic E-state index is -1.14. The quantitative estimate of drug-likeness (QED) is 0.323. The second kappa shape index (κ2) is 15.8. The minimum Gasteiger partial charge on any atom is -0.388 e. The Morgan fingerprint density at radius 2 is 1.82 bits per heavy atom. The van der Waals surface area contributed by atoms with Gasteiger partial charge in [-0.05, 0) is 58.9 Å². The number of likely N-dealkylation sites (N-methyl/N-ethyl adjacent to an activating group) is 1. The SMILES string of the molecule is CC(C)Cl.CC1CCNC(C=O)CC1.CNCC1OC(SC)C(O)C(O)C1O. The van der Waals surface area contributed by atoms with Gasteiger partial charge in [-0.15, -0.1) is 23.4 Å². The monoisotopic (exact) mass is 442 g/mol. The predicted molar refractivity (Wildman–Crippen MR) is 116 cm³/mol. The van der Waals surface area contributed by atoms with Gasteiger partial charge in [-0.2, -0.15) is 0 Å². The third kappa shape index (κ3) is 11.3. The first-order valence-corrected chi connectivity index (χ1v) is 11.6. The first-order valence-electron chi connectivity index (χ1n) is 9.87. The number of hydrogen-bond donors (Lipinski definition) is 5. The summed E-state index contributed by atoms with van der Waals surface area (Å²) in [7, 11) is 1.74. The highest BCUT2D eigenvalue weighted by Crippen LogP contribution is 2.26. The van der Waals surface area contributed by atoms with Crippen LogP contribution in [0.25, 0.3) is 0 Å². The van der Waals surface area contributed by atoms with Crippen molar-refractivity contribution in [2.45, 2.75) is 81.3 Å². The molecule has 2 fully saturated rings. The van der Waals surface area contributed by atoms with E-state index in [0.717, 1.165) is 25.2 Å². The molecular formula is C19H39ClN2O5S. The average Bonchev–Trinajstić information content (AvgIpc) is 2.86. The van der Waals surface area contributed by atoms with E-state index in [2.05, 4.69) is 17.6 Å². The lowest BCUT2D eigenvalue weighted by Crippen LogP contribution is -2.58. The van der Waals surface area contributed by atoms with Crippen LogP contribution in [0.2, 0.25) is 0 Å². The van der Waals surface area contributed by atoms with Gasteiger partial charge in [-0.1, -0.05) is 6.92 Å². The summed E-state index contributed by atoms with van der Waals surface area (Å²) in [5.74, 6) is 0.789. The summed E-state index contributed by atoms with van der Waals surface area (Å²) in [6, 6.07) is 0.130. The molecule has 7 nitrogen and oxygen atoms in total. The molecule has 0 aromatic carbocycles. The number of aldehydes is 1. The zero-order valence-electron chi connectivity index (χ0n) is 17.7. The van der Waals surface area contributed by atoms with E-state index in [1.807, 2.05) is 13.8 Å². The molecule has 0 aromatic heterocycles. The average molecular weight is 443 g/mol. The fourth-order valence-corrected chi connectivity index (χ4v) is 3.52. The molecule has 7 unspecified atom stereocenters. The molecule has 2 aliphatic heterocycles. The van der Waals surface area contributed by atoms with Crippen molar-refractivity contribution in [2.75, 3.05) is 26.4 Å². The maximum Gasteiger partial charge on any atom is 0.136 e. The molecule has 0 aliphatic carbocycles. The van der Waals surface area contributed by atoms with Crippen molar-refractivity contribution in [3.05, 3.63) is 0 Å². The van der Waals surface area contributed by atoms with E-state index in [1.165, 1.54) is 24.6 Å². The molecule has 168 valence electrons. The number of hydrogen-bond acceptors (Lipinski definition) is 8. The number of aliphatic hydroxyl groups excluding tert-OH is 3. The fourth-order valence-electron chi connectivity index (χ4n) is 2.82. The lowest BCUT2D eigenvalue weighted by Gasteiger charge is -2.39. The van der Waals surface area contributed by atoms with Crippen molar-refractivity contribution in [3.63, 3.8) is 0 Å². The van der Waals surface area contributed by atoms with Gasteiger partial charge in [0.05, 0.1) is 6.04 Å². The standard InChI is InChI=1S/C8H17NO4S.C8H15NO.C3H7Cl/c1-9-3-4-5(10)6(11)7(12)8(13-4)14-2;1-7-2-3-8(6-10)9-5-4-7;1-3(2)4/h4-12H,3H2,1-2H3;6-9H,2-5H2,1H3;3H,1-2H3. The smallest absolute Gasteiger partial charge is 0.136 e. The maximum atomic E-state index is 10.4. The Labute approximate surface area is 178 Å². The Balaban J connectivity index is 0.000000454. The van der Waals surface area contributed by atoms with Crippen LogP contribution in [-0.2, 0) is 9.53 Å². The molecule has 2 rings (SSSR count). The molecule has 28 heavy (non-hydrogen) atoms. The van der Waals surface area contributed by atoms with Crippen molar-refractivity contribution in [1.29, 1.82) is 0 Å². The molecule has 0 saturated carbocycles. The Morgan fingerprint density at radius 1 is 1.21 bits per heavy atom. The summed E-state index contributed by atoms with van der Waals surface area (Å²) in [4.78, 5) is 10.4. The molecule has 7 atom stereocenters. The highest BCUT2D eigenvalue weighted by atomic mass is 35.5. The van der Waals surface area contributed by atoms with Crippen LogP contribution in [0, 0.1) is 5.92 Å². The summed E-state index contributed by atoms with van der Waals surface area (Å²) in [6.45, 7) is 7.56. The summed E-state index contributed by atoms with van der Waals surface area (Å²) in [5, 5.41) is 35.0. The lowest BCUT2D eigenvalue weighted by atomic mass is 10.00. The molecule has 0 bridgehead atoms. The summed E-state index contributed by atoms with van der Waals surface area (Å²) in [5.41, 5.74) is -0.480. The summed E-state index contributed by atoms with van der Waals surface area (Å²) < 4.78 is 5.41. The van der Waals surface area contributed by atoms with Crippen molar-refractivity contribution in [2.24, 2.45) is 5.92 Å². The molecule has 5 N–H and O–H groups in total. The van der Waals surface area contributed by atoms with E-state index >= 15 is 0 Å². The van der Waals surface area contributed by atoms with Gasteiger partial charge < -0.3 is 35.5 Å². The second-order valence-corrected chi connectivity index (χ2v) is 9.30. The second-order valence-electron chi connectivity index (χ2n) is 7.49. The van der Waals surface area contributed by atoms with Crippen LogP contribution < -0.4 is 10.6 Å². The van der Waals surface area contributed by atoms with Crippen molar-refractivity contribution < 1.29 is 24.9 Å². The largest absolute Gasteiger partial charge is 0.388 e. The van der Waals surface area contributed by atoms with Crippen LogP contribution in [0.15, 0.2) is 0 Å². The first-order chi connectivity index (χ1) is 13.2. The van der Waals surface area contributed by atoms with Crippen LogP contribution in [0.5, 0.6) is 0 Å². The van der Waals surface area contributed by atoms with Crippen LogP contribution in [0.1, 0.15) is 40.0 Å². The highest BCUT2D eigenvalue weighted by molar-refractivity contribution is 7.99. The predicted octanol–water partition coefficient (Wildman–Crippen LogP) is 0.974. The number of rotatable bonds is 4. The topological polar surface area (TPSA) is 111 Å². The number of thioether (sulfide) groups is 1. The van der Waals surface area contributed by atoms with E-state index in [4.69, 9.17) is 16.3 Å². The van der Waals surface area contributed by atoms with E-state index in [9.17, 15) is 20.1 Å².